The van der Waals surface area contributed by atoms with Crippen LogP contribution in [0.15, 0.2) is 47.4 Å². The molecule has 1 saturated heterocycles. The minimum Gasteiger partial charge on any atom is -0.497 e. The Morgan fingerprint density at radius 1 is 1.03 bits per heavy atom. The minimum absolute atomic E-state index is 0.0644. The SMILES string of the molecule is COC(=O)c1sc2cccc(F)c2c1S(=O)(=O)N1CCN(c2ccc(OC)cc2)CC1. The molecule has 3 aromatic rings. The normalized spacial score (nSPS) is 15.3. The molecule has 7 nitrogen and oxygen atoms in total. The van der Waals surface area contributed by atoms with Crippen molar-refractivity contribution in [2.24, 2.45) is 0 Å². The molecule has 0 saturated carbocycles. The lowest BCUT2D eigenvalue weighted by Gasteiger charge is -2.35. The average Bonchev–Trinajstić information content (AvgIpc) is 3.20. The van der Waals surface area contributed by atoms with Crippen LogP contribution in [-0.4, -0.2) is 59.1 Å². The number of halogens is 1. The van der Waals surface area contributed by atoms with Crippen molar-refractivity contribution in [3.63, 3.8) is 0 Å². The fourth-order valence-corrected chi connectivity index (χ4v) is 6.88. The van der Waals surface area contributed by atoms with Crippen LogP contribution in [-0.2, 0) is 14.8 Å². The zero-order valence-corrected chi connectivity index (χ0v) is 18.6. The summed E-state index contributed by atoms with van der Waals surface area (Å²) >= 11 is 0.920. The Morgan fingerprint density at radius 2 is 1.71 bits per heavy atom. The summed E-state index contributed by atoms with van der Waals surface area (Å²) in [5, 5.41) is -0.0644. The molecule has 2 heterocycles. The molecule has 0 aliphatic carbocycles. The van der Waals surface area contributed by atoms with Gasteiger partial charge < -0.3 is 14.4 Å². The highest BCUT2D eigenvalue weighted by molar-refractivity contribution is 7.89. The van der Waals surface area contributed by atoms with E-state index in [-0.39, 0.29) is 28.2 Å². The number of carbonyl (C=O) groups is 1. The van der Waals surface area contributed by atoms with E-state index in [2.05, 4.69) is 4.90 Å². The highest BCUT2D eigenvalue weighted by Crippen LogP contribution is 2.38. The van der Waals surface area contributed by atoms with E-state index < -0.39 is 21.8 Å². The molecular formula is C21H21FN2O5S2. The molecule has 0 amide bonds. The summed E-state index contributed by atoms with van der Waals surface area (Å²) in [5.74, 6) is -0.734. The highest BCUT2D eigenvalue weighted by atomic mass is 32.2. The van der Waals surface area contributed by atoms with Gasteiger partial charge in [-0.25, -0.2) is 17.6 Å². The van der Waals surface area contributed by atoms with Gasteiger partial charge in [-0.15, -0.1) is 11.3 Å². The molecule has 0 N–H and O–H groups in total. The summed E-state index contributed by atoms with van der Waals surface area (Å²) in [6.07, 6.45) is 0. The number of thiophene rings is 1. The van der Waals surface area contributed by atoms with Gasteiger partial charge >= 0.3 is 5.97 Å². The van der Waals surface area contributed by atoms with Crippen molar-refractivity contribution >= 4 is 43.1 Å². The van der Waals surface area contributed by atoms with E-state index in [1.165, 1.54) is 23.5 Å². The number of methoxy groups -OCH3 is 2. The van der Waals surface area contributed by atoms with E-state index >= 15 is 0 Å². The molecule has 1 fully saturated rings. The van der Waals surface area contributed by atoms with Gasteiger partial charge in [0.2, 0.25) is 10.0 Å². The number of ether oxygens (including phenoxy) is 2. The van der Waals surface area contributed by atoms with E-state index in [1.807, 2.05) is 24.3 Å². The third-order valence-electron chi connectivity index (χ3n) is 5.27. The Balaban J connectivity index is 1.65. The molecule has 1 aliphatic rings. The largest absolute Gasteiger partial charge is 0.497 e. The first kappa shape index (κ1) is 21.5. The second kappa shape index (κ2) is 8.45. The van der Waals surface area contributed by atoms with E-state index in [0.29, 0.717) is 17.8 Å². The summed E-state index contributed by atoms with van der Waals surface area (Å²) in [4.78, 5) is 13.9. The van der Waals surface area contributed by atoms with E-state index in [9.17, 15) is 17.6 Å². The number of fused-ring (bicyclic) bond motifs is 1. The first-order valence-corrected chi connectivity index (χ1v) is 11.8. The van der Waals surface area contributed by atoms with Crippen molar-refractivity contribution < 1.29 is 27.1 Å². The number of benzene rings is 2. The van der Waals surface area contributed by atoms with Gasteiger partial charge in [0.15, 0.2) is 0 Å². The molecule has 1 aromatic heterocycles. The van der Waals surface area contributed by atoms with Crippen molar-refractivity contribution in [1.82, 2.24) is 4.31 Å². The number of piperazine rings is 1. The minimum atomic E-state index is -4.11. The monoisotopic (exact) mass is 464 g/mol. The van der Waals surface area contributed by atoms with Gasteiger partial charge in [0.1, 0.15) is 21.3 Å². The predicted molar refractivity (Wildman–Crippen MR) is 117 cm³/mol. The molecule has 31 heavy (non-hydrogen) atoms. The van der Waals surface area contributed by atoms with Gasteiger partial charge in [0, 0.05) is 42.0 Å². The number of esters is 1. The van der Waals surface area contributed by atoms with Crippen LogP contribution in [0, 0.1) is 5.82 Å². The average molecular weight is 465 g/mol. The maximum absolute atomic E-state index is 14.6. The highest BCUT2D eigenvalue weighted by Gasteiger charge is 2.36. The van der Waals surface area contributed by atoms with E-state index in [4.69, 9.17) is 9.47 Å². The summed E-state index contributed by atoms with van der Waals surface area (Å²) in [6, 6.07) is 11.8. The van der Waals surface area contributed by atoms with Gasteiger partial charge in [-0.05, 0) is 36.4 Å². The molecule has 164 valence electrons. The molecule has 0 radical (unpaired) electrons. The second-order valence-corrected chi connectivity index (χ2v) is 9.88. The molecule has 10 heteroatoms. The van der Waals surface area contributed by atoms with Crippen LogP contribution in [0.1, 0.15) is 9.67 Å². The Kier molecular flexibility index (Phi) is 5.87. The quantitative estimate of drug-likeness (QED) is 0.539. The number of anilines is 1. The summed E-state index contributed by atoms with van der Waals surface area (Å²) in [7, 11) is -1.34. The van der Waals surface area contributed by atoms with Crippen LogP contribution in [0.4, 0.5) is 10.1 Å². The number of rotatable bonds is 5. The maximum atomic E-state index is 14.6. The summed E-state index contributed by atoms with van der Waals surface area (Å²) in [6.45, 7) is 1.34. The molecule has 2 aromatic carbocycles. The second-order valence-electron chi connectivity index (χ2n) is 6.95. The zero-order chi connectivity index (χ0) is 22.2. The van der Waals surface area contributed by atoms with Crippen LogP contribution in [0.3, 0.4) is 0 Å². The van der Waals surface area contributed by atoms with Gasteiger partial charge in [-0.1, -0.05) is 6.07 Å². The van der Waals surface area contributed by atoms with E-state index in [1.54, 1.807) is 13.2 Å². The lowest BCUT2D eigenvalue weighted by atomic mass is 10.2. The van der Waals surface area contributed by atoms with Crippen molar-refractivity contribution in [2.45, 2.75) is 4.90 Å². The van der Waals surface area contributed by atoms with Crippen molar-refractivity contribution in [3.05, 3.63) is 53.2 Å². The number of hydrogen-bond donors (Lipinski definition) is 0. The standard InChI is InChI=1S/C21H21FN2O5S2/c1-28-15-8-6-14(7-9-15)23-10-12-24(13-11-23)31(26,27)20-18-16(22)4-3-5-17(18)30-19(20)21(25)29-2/h3-9H,10-13H2,1-2H3. The third kappa shape index (κ3) is 3.86. The Morgan fingerprint density at radius 3 is 2.32 bits per heavy atom. The Bertz CT molecular complexity index is 1220. The first-order valence-electron chi connectivity index (χ1n) is 9.55. The molecule has 0 bridgehead atoms. The molecule has 1 aliphatic heterocycles. The van der Waals surface area contributed by atoms with Gasteiger partial charge in [-0.2, -0.15) is 4.31 Å². The number of sulfonamides is 1. The van der Waals surface area contributed by atoms with Gasteiger partial charge in [0.25, 0.3) is 0 Å². The number of carbonyl (C=O) groups excluding carboxylic acids is 1. The van der Waals surface area contributed by atoms with E-state index in [0.717, 1.165) is 22.8 Å². The summed E-state index contributed by atoms with van der Waals surface area (Å²) in [5.41, 5.74) is 0.958. The Labute approximate surface area is 183 Å². The van der Waals surface area contributed by atoms with Crippen LogP contribution in [0.25, 0.3) is 10.1 Å². The summed E-state index contributed by atoms with van der Waals surface area (Å²) < 4.78 is 53.3. The lowest BCUT2D eigenvalue weighted by molar-refractivity contribution is 0.0602. The maximum Gasteiger partial charge on any atom is 0.349 e. The lowest BCUT2D eigenvalue weighted by Crippen LogP contribution is -2.48. The van der Waals surface area contributed by atoms with Crippen LogP contribution >= 0.6 is 11.3 Å². The van der Waals surface area contributed by atoms with Crippen molar-refractivity contribution in [2.75, 3.05) is 45.3 Å². The molecule has 4 rings (SSSR count). The van der Waals surface area contributed by atoms with Crippen molar-refractivity contribution in [3.8, 4) is 5.75 Å². The van der Waals surface area contributed by atoms with Crippen LogP contribution in [0.5, 0.6) is 5.75 Å². The van der Waals surface area contributed by atoms with Crippen LogP contribution < -0.4 is 9.64 Å². The smallest absolute Gasteiger partial charge is 0.349 e. The van der Waals surface area contributed by atoms with Gasteiger partial charge in [-0.3, -0.25) is 0 Å². The zero-order valence-electron chi connectivity index (χ0n) is 17.0. The Hall–Kier alpha value is -2.69. The number of hydrogen-bond acceptors (Lipinski definition) is 7. The molecular weight excluding hydrogens is 443 g/mol. The molecule has 0 spiro atoms. The fourth-order valence-electron chi connectivity index (χ4n) is 3.66. The molecule has 0 atom stereocenters. The third-order valence-corrected chi connectivity index (χ3v) is 8.50. The molecule has 0 unspecified atom stereocenters. The predicted octanol–water partition coefficient (Wildman–Crippen LogP) is 3.35. The van der Waals surface area contributed by atoms with Crippen molar-refractivity contribution in [1.29, 1.82) is 0 Å². The fraction of sp³-hybridized carbons (Fsp3) is 0.286. The number of nitrogens with zero attached hydrogens (tertiary/aromatic N) is 2. The van der Waals surface area contributed by atoms with Crippen LogP contribution in [0.2, 0.25) is 0 Å². The van der Waals surface area contributed by atoms with Gasteiger partial charge in [0.05, 0.1) is 14.2 Å². The topological polar surface area (TPSA) is 76.2 Å². The first-order chi connectivity index (χ1) is 14.9.